The summed E-state index contributed by atoms with van der Waals surface area (Å²) in [6.07, 6.45) is 1.38. The number of methoxy groups -OCH3 is 1. The van der Waals surface area contributed by atoms with Crippen LogP contribution in [0.15, 0.2) is 24.3 Å². The van der Waals surface area contributed by atoms with E-state index in [1.54, 1.807) is 24.3 Å². The first-order valence-electron chi connectivity index (χ1n) is 7.72. The lowest BCUT2D eigenvalue weighted by molar-refractivity contribution is -0.121. The molecule has 8 nitrogen and oxygen atoms in total. The van der Waals surface area contributed by atoms with E-state index in [1.807, 2.05) is 0 Å². The van der Waals surface area contributed by atoms with Gasteiger partial charge in [0.15, 0.2) is 9.84 Å². The minimum absolute atomic E-state index is 0.0443. The van der Waals surface area contributed by atoms with E-state index < -0.39 is 25.9 Å². The number of hydrogen-bond acceptors (Lipinski definition) is 6. The van der Waals surface area contributed by atoms with Crippen LogP contribution in [0.5, 0.6) is 5.75 Å². The molecule has 0 aliphatic carbocycles. The Balaban J connectivity index is 2.02. The molecule has 1 aromatic carbocycles. The minimum Gasteiger partial charge on any atom is -0.497 e. The zero-order chi connectivity index (χ0) is 18.7. The number of amides is 1. The molecule has 1 N–H and O–H groups in total. The van der Waals surface area contributed by atoms with Crippen LogP contribution in [0.2, 0.25) is 0 Å². The van der Waals surface area contributed by atoms with Crippen molar-refractivity contribution < 1.29 is 26.4 Å². The van der Waals surface area contributed by atoms with E-state index in [9.17, 15) is 21.6 Å². The molecule has 0 spiro atoms. The number of ether oxygens (including phenoxy) is 1. The van der Waals surface area contributed by atoms with E-state index in [1.165, 1.54) is 7.11 Å². The van der Waals surface area contributed by atoms with Gasteiger partial charge in [-0.15, -0.1) is 0 Å². The predicted molar refractivity (Wildman–Crippen MR) is 95.0 cm³/mol. The number of nitrogens with zero attached hydrogens (tertiary/aromatic N) is 1. The fraction of sp³-hybridized carbons (Fsp3) is 0.533. The SMILES string of the molecule is COc1cccc(N(CCC(=O)NC2CCS(=O)(=O)C2)S(C)(=O)=O)c1. The molecule has 10 heteroatoms. The maximum absolute atomic E-state index is 12.0. The summed E-state index contributed by atoms with van der Waals surface area (Å²) in [7, 11) is -5.18. The van der Waals surface area contributed by atoms with Gasteiger partial charge in [-0.25, -0.2) is 16.8 Å². The Hall–Kier alpha value is -1.81. The maximum Gasteiger partial charge on any atom is 0.232 e. The number of hydrogen-bond donors (Lipinski definition) is 1. The Morgan fingerprint density at radius 2 is 2.12 bits per heavy atom. The van der Waals surface area contributed by atoms with Crippen LogP contribution in [0.3, 0.4) is 0 Å². The number of anilines is 1. The number of carbonyl (C=O) groups is 1. The molecule has 0 radical (unpaired) electrons. The Morgan fingerprint density at radius 1 is 1.40 bits per heavy atom. The molecule has 1 aliphatic rings. The lowest BCUT2D eigenvalue weighted by atomic mass is 10.2. The Morgan fingerprint density at radius 3 is 2.68 bits per heavy atom. The molecule has 1 aliphatic heterocycles. The van der Waals surface area contributed by atoms with Crippen LogP contribution in [-0.4, -0.2) is 60.2 Å². The third kappa shape index (κ3) is 5.60. The largest absolute Gasteiger partial charge is 0.497 e. The molecular weight excluding hydrogens is 368 g/mol. The zero-order valence-corrected chi connectivity index (χ0v) is 15.8. The second kappa shape index (κ2) is 7.61. The first-order valence-corrected chi connectivity index (χ1v) is 11.4. The van der Waals surface area contributed by atoms with Crippen LogP contribution in [-0.2, 0) is 24.7 Å². The van der Waals surface area contributed by atoms with E-state index in [0.29, 0.717) is 17.9 Å². The van der Waals surface area contributed by atoms with Gasteiger partial charge < -0.3 is 10.1 Å². The smallest absolute Gasteiger partial charge is 0.232 e. The van der Waals surface area contributed by atoms with E-state index in [2.05, 4.69) is 5.32 Å². The normalized spacial score (nSPS) is 19.4. The number of benzene rings is 1. The van der Waals surface area contributed by atoms with Crippen LogP contribution in [0.25, 0.3) is 0 Å². The standard InChI is InChI=1S/C15H22N2O6S2/c1-23-14-5-3-4-13(10-14)17(24(2,19)20)8-6-15(18)16-12-7-9-25(21,22)11-12/h3-5,10,12H,6-9,11H2,1-2H3,(H,16,18). The van der Waals surface area contributed by atoms with Crippen molar-refractivity contribution in [1.82, 2.24) is 5.32 Å². The molecule has 25 heavy (non-hydrogen) atoms. The summed E-state index contributed by atoms with van der Waals surface area (Å²) in [6, 6.07) is 6.14. The maximum atomic E-state index is 12.0. The lowest BCUT2D eigenvalue weighted by Gasteiger charge is -2.23. The first kappa shape index (κ1) is 19.5. The van der Waals surface area contributed by atoms with Gasteiger partial charge in [-0.3, -0.25) is 9.10 Å². The number of nitrogens with one attached hydrogen (secondary N) is 1. The summed E-state index contributed by atoms with van der Waals surface area (Å²) in [5.74, 6) is 0.132. The molecular formula is C15H22N2O6S2. The molecule has 1 unspecified atom stereocenters. The van der Waals surface area contributed by atoms with Crippen molar-refractivity contribution >= 4 is 31.5 Å². The van der Waals surface area contributed by atoms with Crippen molar-refractivity contribution in [1.29, 1.82) is 0 Å². The number of sulfone groups is 1. The zero-order valence-electron chi connectivity index (χ0n) is 14.1. The summed E-state index contributed by atoms with van der Waals surface area (Å²) in [5.41, 5.74) is 0.401. The number of sulfonamides is 1. The highest BCUT2D eigenvalue weighted by atomic mass is 32.2. The highest BCUT2D eigenvalue weighted by Gasteiger charge is 2.29. The third-order valence-electron chi connectivity index (χ3n) is 3.88. The average Bonchev–Trinajstić information content (AvgIpc) is 2.85. The Labute approximate surface area is 148 Å². The Kier molecular flexibility index (Phi) is 5.94. The second-order valence-corrected chi connectivity index (χ2v) is 10.1. The van der Waals surface area contributed by atoms with E-state index in [0.717, 1.165) is 10.6 Å². The topological polar surface area (TPSA) is 110 Å². The van der Waals surface area contributed by atoms with Gasteiger partial charge in [-0.1, -0.05) is 6.07 Å². The van der Waals surface area contributed by atoms with Gasteiger partial charge in [-0.05, 0) is 18.6 Å². The van der Waals surface area contributed by atoms with Gasteiger partial charge in [0, 0.05) is 25.1 Å². The Bertz CT molecular complexity index is 835. The van der Waals surface area contributed by atoms with Crippen molar-refractivity contribution in [3.63, 3.8) is 0 Å². The number of carbonyl (C=O) groups excluding carboxylic acids is 1. The third-order valence-corrected chi connectivity index (χ3v) is 6.84. The predicted octanol–water partition coefficient (Wildman–Crippen LogP) is 0.155. The van der Waals surface area contributed by atoms with Gasteiger partial charge in [-0.2, -0.15) is 0 Å². The molecule has 140 valence electrons. The van der Waals surface area contributed by atoms with E-state index in [4.69, 9.17) is 4.74 Å². The molecule has 1 atom stereocenters. The molecule has 1 aromatic rings. The van der Waals surface area contributed by atoms with Gasteiger partial charge in [0.05, 0.1) is 30.6 Å². The molecule has 0 aromatic heterocycles. The molecule has 1 heterocycles. The van der Waals surface area contributed by atoms with Gasteiger partial charge in [0.2, 0.25) is 15.9 Å². The minimum atomic E-state index is -3.58. The second-order valence-electron chi connectivity index (χ2n) is 5.95. The quantitative estimate of drug-likeness (QED) is 0.710. The van der Waals surface area contributed by atoms with Crippen molar-refractivity contribution in [3.8, 4) is 5.75 Å². The summed E-state index contributed by atoms with van der Waals surface area (Å²) >= 11 is 0. The van der Waals surface area contributed by atoms with Gasteiger partial charge >= 0.3 is 0 Å². The van der Waals surface area contributed by atoms with Crippen LogP contribution >= 0.6 is 0 Å². The average molecular weight is 390 g/mol. The summed E-state index contributed by atoms with van der Waals surface area (Å²) in [4.78, 5) is 12.0. The molecule has 0 saturated carbocycles. The molecule has 0 bridgehead atoms. The van der Waals surface area contributed by atoms with Gasteiger partial charge in [0.25, 0.3) is 0 Å². The summed E-state index contributed by atoms with van der Waals surface area (Å²) in [6.45, 7) is -0.0443. The number of rotatable bonds is 7. The lowest BCUT2D eigenvalue weighted by Crippen LogP contribution is -2.39. The monoisotopic (exact) mass is 390 g/mol. The molecule has 1 fully saturated rings. The highest BCUT2D eigenvalue weighted by molar-refractivity contribution is 7.92. The fourth-order valence-electron chi connectivity index (χ4n) is 2.66. The van der Waals surface area contributed by atoms with Crippen LogP contribution in [0.1, 0.15) is 12.8 Å². The van der Waals surface area contributed by atoms with E-state index in [-0.39, 0.29) is 30.4 Å². The fourth-order valence-corrected chi connectivity index (χ4v) is 5.26. The van der Waals surface area contributed by atoms with Crippen molar-refractivity contribution in [3.05, 3.63) is 24.3 Å². The van der Waals surface area contributed by atoms with E-state index >= 15 is 0 Å². The molecule has 1 amide bonds. The van der Waals surface area contributed by atoms with Crippen LogP contribution < -0.4 is 14.4 Å². The molecule has 1 saturated heterocycles. The van der Waals surface area contributed by atoms with Crippen molar-refractivity contribution in [2.24, 2.45) is 0 Å². The summed E-state index contributed by atoms with van der Waals surface area (Å²) in [5, 5.41) is 2.65. The van der Waals surface area contributed by atoms with Crippen LogP contribution in [0.4, 0.5) is 5.69 Å². The first-order chi connectivity index (χ1) is 11.6. The van der Waals surface area contributed by atoms with Crippen molar-refractivity contribution in [2.45, 2.75) is 18.9 Å². The molecule has 2 rings (SSSR count). The van der Waals surface area contributed by atoms with Gasteiger partial charge in [0.1, 0.15) is 5.75 Å². The summed E-state index contributed by atoms with van der Waals surface area (Å²) < 4.78 is 53.1. The highest BCUT2D eigenvalue weighted by Crippen LogP contribution is 2.23. The van der Waals surface area contributed by atoms with Crippen molar-refractivity contribution in [2.75, 3.05) is 35.7 Å². The van der Waals surface area contributed by atoms with Crippen LogP contribution in [0, 0.1) is 0 Å².